The molecule has 1 heterocycles. The molecule has 1 aliphatic rings. The molecule has 0 radical (unpaired) electrons. The Bertz CT molecular complexity index is 227. The van der Waals surface area contributed by atoms with Crippen LogP contribution < -0.4 is 0 Å². The third-order valence-corrected chi connectivity index (χ3v) is 5.60. The molecule has 0 amide bonds. The van der Waals surface area contributed by atoms with Crippen molar-refractivity contribution in [3.05, 3.63) is 0 Å². The lowest BCUT2D eigenvalue weighted by atomic mass is 9.80. The maximum atomic E-state index is 5.35. The van der Waals surface area contributed by atoms with Crippen molar-refractivity contribution in [3.63, 3.8) is 0 Å². The van der Waals surface area contributed by atoms with E-state index in [-0.39, 0.29) is 0 Å². The molecule has 1 saturated heterocycles. The van der Waals surface area contributed by atoms with E-state index in [9.17, 15) is 0 Å². The van der Waals surface area contributed by atoms with Crippen LogP contribution in [-0.4, -0.2) is 43.6 Å². The van der Waals surface area contributed by atoms with Gasteiger partial charge in [-0.15, -0.1) is 0 Å². The summed E-state index contributed by atoms with van der Waals surface area (Å²) < 4.78 is 5.35. The number of rotatable bonds is 9. The number of hydrogen-bond donors (Lipinski definition) is 0. The highest BCUT2D eigenvalue weighted by atomic mass is 79.9. The number of likely N-dealkylation sites (tertiary alicyclic amines) is 1. The first-order valence-electron chi connectivity index (χ1n) is 7.97. The lowest BCUT2D eigenvalue weighted by Gasteiger charge is -2.41. The normalized spacial score (nSPS) is 21.8. The minimum Gasteiger partial charge on any atom is -0.384 e. The van der Waals surface area contributed by atoms with Crippen LogP contribution in [0.25, 0.3) is 0 Å². The van der Waals surface area contributed by atoms with Crippen molar-refractivity contribution in [2.45, 2.75) is 52.4 Å². The highest BCUT2D eigenvalue weighted by molar-refractivity contribution is 9.09. The first-order valence-corrected chi connectivity index (χ1v) is 9.09. The van der Waals surface area contributed by atoms with Crippen LogP contribution in [0.4, 0.5) is 0 Å². The SMILES string of the molecule is CCCC(CBr)(CCC)CN1CCCC(COC)C1. The van der Waals surface area contributed by atoms with Gasteiger partial charge in [-0.25, -0.2) is 0 Å². The second-order valence-corrected chi connectivity index (χ2v) is 6.89. The summed E-state index contributed by atoms with van der Waals surface area (Å²) in [4.78, 5) is 2.69. The summed E-state index contributed by atoms with van der Waals surface area (Å²) in [6.07, 6.45) is 7.95. The minimum atomic E-state index is 0.485. The van der Waals surface area contributed by atoms with Crippen molar-refractivity contribution >= 4 is 15.9 Å². The summed E-state index contributed by atoms with van der Waals surface area (Å²) >= 11 is 3.80. The Kier molecular flexibility index (Phi) is 8.59. The molecule has 3 heteroatoms. The van der Waals surface area contributed by atoms with Gasteiger partial charge in [-0.3, -0.25) is 0 Å². The fourth-order valence-corrected chi connectivity index (χ4v) is 4.40. The number of hydrogen-bond acceptors (Lipinski definition) is 2. The fraction of sp³-hybridized carbons (Fsp3) is 1.00. The molecule has 1 unspecified atom stereocenters. The Morgan fingerprint density at radius 3 is 2.47 bits per heavy atom. The van der Waals surface area contributed by atoms with Crippen molar-refractivity contribution in [2.75, 3.05) is 38.7 Å². The third kappa shape index (κ3) is 5.73. The zero-order chi connectivity index (χ0) is 14.1. The highest BCUT2D eigenvalue weighted by Gasteiger charge is 2.31. The van der Waals surface area contributed by atoms with Crippen LogP contribution in [-0.2, 0) is 4.74 Å². The summed E-state index contributed by atoms with van der Waals surface area (Å²) in [6.45, 7) is 9.34. The molecule has 1 fully saturated rings. The van der Waals surface area contributed by atoms with Crippen LogP contribution in [0.5, 0.6) is 0 Å². The van der Waals surface area contributed by atoms with Crippen LogP contribution in [0.1, 0.15) is 52.4 Å². The van der Waals surface area contributed by atoms with E-state index in [0.29, 0.717) is 5.41 Å². The molecular weight excluding hydrogens is 302 g/mol. The summed E-state index contributed by atoms with van der Waals surface area (Å²) in [6, 6.07) is 0. The number of methoxy groups -OCH3 is 1. The van der Waals surface area contributed by atoms with Gasteiger partial charge in [0.25, 0.3) is 0 Å². The molecule has 1 aliphatic heterocycles. The van der Waals surface area contributed by atoms with Crippen LogP contribution >= 0.6 is 15.9 Å². The van der Waals surface area contributed by atoms with Gasteiger partial charge in [-0.1, -0.05) is 42.6 Å². The van der Waals surface area contributed by atoms with E-state index < -0.39 is 0 Å². The molecule has 0 aromatic carbocycles. The van der Waals surface area contributed by atoms with E-state index in [2.05, 4.69) is 34.7 Å². The summed E-state index contributed by atoms with van der Waals surface area (Å²) in [5.41, 5.74) is 0.485. The molecule has 0 bridgehead atoms. The summed E-state index contributed by atoms with van der Waals surface area (Å²) in [7, 11) is 1.83. The van der Waals surface area contributed by atoms with Gasteiger partial charge in [0.05, 0.1) is 6.61 Å². The van der Waals surface area contributed by atoms with Crippen LogP contribution in [0, 0.1) is 11.3 Å². The van der Waals surface area contributed by atoms with Gasteiger partial charge in [0, 0.05) is 25.5 Å². The Morgan fingerprint density at radius 1 is 1.26 bits per heavy atom. The smallest absolute Gasteiger partial charge is 0.0502 e. The largest absolute Gasteiger partial charge is 0.384 e. The van der Waals surface area contributed by atoms with Crippen molar-refractivity contribution in [2.24, 2.45) is 11.3 Å². The second kappa shape index (κ2) is 9.36. The number of halogens is 1. The monoisotopic (exact) mass is 333 g/mol. The summed E-state index contributed by atoms with van der Waals surface area (Å²) in [5.74, 6) is 0.745. The maximum absolute atomic E-state index is 5.35. The Morgan fingerprint density at radius 2 is 1.95 bits per heavy atom. The summed E-state index contributed by atoms with van der Waals surface area (Å²) in [5, 5.41) is 1.15. The third-order valence-electron chi connectivity index (χ3n) is 4.41. The lowest BCUT2D eigenvalue weighted by Crippen LogP contribution is -2.44. The molecule has 0 N–H and O–H groups in total. The van der Waals surface area contributed by atoms with E-state index in [1.165, 1.54) is 58.2 Å². The zero-order valence-corrected chi connectivity index (χ0v) is 14.7. The number of alkyl halides is 1. The molecule has 1 rings (SSSR count). The van der Waals surface area contributed by atoms with Gasteiger partial charge in [-0.05, 0) is 43.6 Å². The molecule has 114 valence electrons. The van der Waals surface area contributed by atoms with Crippen molar-refractivity contribution < 1.29 is 4.74 Å². The molecular formula is C16H32BrNO. The standard InChI is InChI=1S/C16H32BrNO/c1-4-8-16(13-17,9-5-2)14-18-10-6-7-15(11-18)12-19-3/h15H,4-14H2,1-3H3. The molecule has 0 aromatic heterocycles. The number of piperidine rings is 1. The number of nitrogens with zero attached hydrogens (tertiary/aromatic N) is 1. The molecule has 0 aliphatic carbocycles. The van der Waals surface area contributed by atoms with Gasteiger partial charge < -0.3 is 9.64 Å². The average molecular weight is 334 g/mol. The Balaban J connectivity index is 2.56. The first-order chi connectivity index (χ1) is 9.19. The van der Waals surface area contributed by atoms with E-state index in [0.717, 1.165) is 17.9 Å². The van der Waals surface area contributed by atoms with Gasteiger partial charge in [0.1, 0.15) is 0 Å². The minimum absolute atomic E-state index is 0.485. The number of ether oxygens (including phenoxy) is 1. The Hall–Kier alpha value is 0.400. The van der Waals surface area contributed by atoms with E-state index in [4.69, 9.17) is 4.74 Å². The Labute approximate surface area is 128 Å². The van der Waals surface area contributed by atoms with E-state index >= 15 is 0 Å². The van der Waals surface area contributed by atoms with Crippen molar-refractivity contribution in [3.8, 4) is 0 Å². The van der Waals surface area contributed by atoms with E-state index in [1.54, 1.807) is 0 Å². The van der Waals surface area contributed by atoms with Crippen LogP contribution in [0.3, 0.4) is 0 Å². The molecule has 2 nitrogen and oxygen atoms in total. The molecule has 0 spiro atoms. The fourth-order valence-electron chi connectivity index (χ4n) is 3.66. The van der Waals surface area contributed by atoms with Crippen LogP contribution in [0.15, 0.2) is 0 Å². The predicted octanol–water partition coefficient (Wildman–Crippen LogP) is 4.33. The topological polar surface area (TPSA) is 12.5 Å². The van der Waals surface area contributed by atoms with E-state index in [1.807, 2.05) is 7.11 Å². The lowest BCUT2D eigenvalue weighted by molar-refractivity contribution is 0.0629. The highest BCUT2D eigenvalue weighted by Crippen LogP contribution is 2.34. The predicted molar refractivity (Wildman–Crippen MR) is 87.1 cm³/mol. The molecule has 0 aromatic rings. The van der Waals surface area contributed by atoms with Gasteiger partial charge in [0.2, 0.25) is 0 Å². The zero-order valence-electron chi connectivity index (χ0n) is 13.1. The van der Waals surface area contributed by atoms with Gasteiger partial charge in [0.15, 0.2) is 0 Å². The second-order valence-electron chi connectivity index (χ2n) is 6.33. The van der Waals surface area contributed by atoms with Crippen molar-refractivity contribution in [1.82, 2.24) is 4.90 Å². The molecule has 19 heavy (non-hydrogen) atoms. The van der Waals surface area contributed by atoms with Crippen molar-refractivity contribution in [1.29, 1.82) is 0 Å². The molecule has 1 atom stereocenters. The van der Waals surface area contributed by atoms with Gasteiger partial charge in [-0.2, -0.15) is 0 Å². The van der Waals surface area contributed by atoms with Crippen LogP contribution in [0.2, 0.25) is 0 Å². The quantitative estimate of drug-likeness (QED) is 0.582. The average Bonchev–Trinajstić information content (AvgIpc) is 2.40. The first kappa shape index (κ1) is 17.5. The van der Waals surface area contributed by atoms with Gasteiger partial charge >= 0.3 is 0 Å². The maximum Gasteiger partial charge on any atom is 0.0502 e. The molecule has 0 saturated carbocycles.